The monoisotopic (exact) mass is 300 g/mol. The zero-order valence-electron chi connectivity index (χ0n) is 13.1. The molecule has 1 aliphatic rings. The summed E-state index contributed by atoms with van der Waals surface area (Å²) in [4.78, 5) is 36.3. The standard InChI is InChI=1S/C18H20O4/c1-18(2)10-15(20)17(16(21)11-18)14(19)9-6-12-4-7-13(22-3)8-5-12/h4-9,17H,10-11H2,1-3H3/b9-6+. The Morgan fingerprint density at radius 3 is 2.18 bits per heavy atom. The van der Waals surface area contributed by atoms with E-state index in [4.69, 9.17) is 4.74 Å². The molecule has 0 unspecified atom stereocenters. The molecular formula is C18H20O4. The number of hydrogen-bond acceptors (Lipinski definition) is 4. The highest BCUT2D eigenvalue weighted by Gasteiger charge is 2.42. The smallest absolute Gasteiger partial charge is 0.173 e. The first kappa shape index (κ1) is 16.1. The van der Waals surface area contributed by atoms with Crippen molar-refractivity contribution in [2.24, 2.45) is 11.3 Å². The maximum atomic E-state index is 12.2. The molecule has 0 radical (unpaired) electrons. The van der Waals surface area contributed by atoms with Crippen LogP contribution in [0.15, 0.2) is 30.3 Å². The number of carbonyl (C=O) groups is 3. The Hall–Kier alpha value is -2.23. The predicted octanol–water partition coefficient (Wildman–Crippen LogP) is 2.85. The highest BCUT2D eigenvalue weighted by molar-refractivity contribution is 6.24. The fourth-order valence-corrected chi connectivity index (χ4v) is 2.70. The van der Waals surface area contributed by atoms with Gasteiger partial charge in [-0.05, 0) is 29.2 Å². The Bertz CT molecular complexity index is 603. The van der Waals surface area contributed by atoms with Gasteiger partial charge in [0.2, 0.25) is 0 Å². The summed E-state index contributed by atoms with van der Waals surface area (Å²) in [6, 6.07) is 7.17. The molecule has 0 aliphatic heterocycles. The molecule has 1 aromatic carbocycles. The number of Topliss-reactive ketones (excluding diaryl/α,β-unsaturated/α-hetero) is 2. The molecule has 4 nitrogen and oxygen atoms in total. The number of benzene rings is 1. The third-order valence-corrected chi connectivity index (χ3v) is 3.79. The molecule has 0 spiro atoms. The Kier molecular flexibility index (Phi) is 4.59. The second kappa shape index (κ2) is 6.26. The van der Waals surface area contributed by atoms with E-state index in [1.807, 2.05) is 13.8 Å². The minimum atomic E-state index is -1.12. The van der Waals surface area contributed by atoms with Crippen LogP contribution in [-0.4, -0.2) is 24.5 Å². The minimum Gasteiger partial charge on any atom is -0.497 e. The van der Waals surface area contributed by atoms with E-state index in [1.54, 1.807) is 37.5 Å². The van der Waals surface area contributed by atoms with Crippen LogP contribution in [0.3, 0.4) is 0 Å². The van der Waals surface area contributed by atoms with Crippen LogP contribution >= 0.6 is 0 Å². The molecule has 0 atom stereocenters. The Balaban J connectivity index is 2.09. The van der Waals surface area contributed by atoms with Gasteiger partial charge in [-0.1, -0.05) is 32.1 Å². The lowest BCUT2D eigenvalue weighted by Gasteiger charge is -2.30. The van der Waals surface area contributed by atoms with Crippen molar-refractivity contribution in [2.45, 2.75) is 26.7 Å². The number of allylic oxidation sites excluding steroid dienone is 1. The fourth-order valence-electron chi connectivity index (χ4n) is 2.70. The molecule has 1 aromatic rings. The molecule has 0 aromatic heterocycles. The van der Waals surface area contributed by atoms with Gasteiger partial charge in [-0.15, -0.1) is 0 Å². The van der Waals surface area contributed by atoms with E-state index in [0.717, 1.165) is 11.3 Å². The molecule has 0 heterocycles. The van der Waals surface area contributed by atoms with Crippen molar-refractivity contribution in [1.29, 1.82) is 0 Å². The van der Waals surface area contributed by atoms with Crippen molar-refractivity contribution in [3.8, 4) is 5.75 Å². The van der Waals surface area contributed by atoms with Crippen LogP contribution in [0.4, 0.5) is 0 Å². The summed E-state index contributed by atoms with van der Waals surface area (Å²) in [7, 11) is 1.58. The lowest BCUT2D eigenvalue weighted by molar-refractivity contribution is -0.143. The summed E-state index contributed by atoms with van der Waals surface area (Å²) in [6.45, 7) is 3.74. The summed E-state index contributed by atoms with van der Waals surface area (Å²) < 4.78 is 5.06. The average molecular weight is 300 g/mol. The van der Waals surface area contributed by atoms with E-state index in [0.29, 0.717) is 0 Å². The molecule has 0 N–H and O–H groups in total. The van der Waals surface area contributed by atoms with Crippen molar-refractivity contribution >= 4 is 23.4 Å². The van der Waals surface area contributed by atoms with Crippen LogP contribution in [-0.2, 0) is 14.4 Å². The molecule has 1 aliphatic carbocycles. The number of ketones is 3. The van der Waals surface area contributed by atoms with Gasteiger partial charge in [0.1, 0.15) is 11.7 Å². The van der Waals surface area contributed by atoms with E-state index in [-0.39, 0.29) is 29.8 Å². The topological polar surface area (TPSA) is 60.4 Å². The molecule has 0 amide bonds. The number of methoxy groups -OCH3 is 1. The summed E-state index contributed by atoms with van der Waals surface area (Å²) in [5.41, 5.74) is 0.468. The first-order valence-electron chi connectivity index (χ1n) is 7.24. The Morgan fingerprint density at radius 1 is 1.14 bits per heavy atom. The molecule has 22 heavy (non-hydrogen) atoms. The lowest BCUT2D eigenvalue weighted by atomic mass is 9.70. The molecule has 4 heteroatoms. The summed E-state index contributed by atoms with van der Waals surface area (Å²) in [6.07, 6.45) is 3.47. The lowest BCUT2D eigenvalue weighted by Crippen LogP contribution is -2.41. The van der Waals surface area contributed by atoms with Gasteiger partial charge in [0.05, 0.1) is 7.11 Å². The van der Waals surface area contributed by atoms with E-state index in [2.05, 4.69) is 0 Å². The second-order valence-electron chi connectivity index (χ2n) is 6.39. The molecule has 0 saturated heterocycles. The van der Waals surface area contributed by atoms with Crippen molar-refractivity contribution in [3.05, 3.63) is 35.9 Å². The van der Waals surface area contributed by atoms with Crippen LogP contribution < -0.4 is 4.74 Å². The Labute approximate surface area is 130 Å². The van der Waals surface area contributed by atoms with Crippen LogP contribution in [0.2, 0.25) is 0 Å². The van der Waals surface area contributed by atoms with E-state index >= 15 is 0 Å². The minimum absolute atomic E-state index is 0.269. The zero-order chi connectivity index (χ0) is 16.3. The van der Waals surface area contributed by atoms with Crippen LogP contribution in [0.1, 0.15) is 32.3 Å². The summed E-state index contributed by atoms with van der Waals surface area (Å²) in [5.74, 6) is -1.37. The van der Waals surface area contributed by atoms with Gasteiger partial charge < -0.3 is 4.74 Å². The van der Waals surface area contributed by atoms with Gasteiger partial charge in [0, 0.05) is 12.8 Å². The van der Waals surface area contributed by atoms with E-state index < -0.39 is 11.7 Å². The van der Waals surface area contributed by atoms with Crippen LogP contribution in [0.5, 0.6) is 5.75 Å². The maximum absolute atomic E-state index is 12.2. The Morgan fingerprint density at radius 2 is 1.68 bits per heavy atom. The molecule has 0 bridgehead atoms. The van der Waals surface area contributed by atoms with Crippen molar-refractivity contribution < 1.29 is 19.1 Å². The van der Waals surface area contributed by atoms with Gasteiger partial charge >= 0.3 is 0 Å². The molecule has 2 rings (SSSR count). The molecule has 116 valence electrons. The van der Waals surface area contributed by atoms with Gasteiger partial charge in [0.15, 0.2) is 17.3 Å². The summed E-state index contributed by atoms with van der Waals surface area (Å²) in [5, 5.41) is 0. The second-order valence-corrected chi connectivity index (χ2v) is 6.39. The first-order valence-corrected chi connectivity index (χ1v) is 7.24. The fraction of sp³-hybridized carbons (Fsp3) is 0.389. The number of rotatable bonds is 4. The van der Waals surface area contributed by atoms with Crippen LogP contribution in [0.25, 0.3) is 6.08 Å². The third-order valence-electron chi connectivity index (χ3n) is 3.79. The quantitative estimate of drug-likeness (QED) is 0.633. The average Bonchev–Trinajstić information content (AvgIpc) is 2.43. The maximum Gasteiger partial charge on any atom is 0.173 e. The third kappa shape index (κ3) is 3.70. The van der Waals surface area contributed by atoms with Gasteiger partial charge in [-0.2, -0.15) is 0 Å². The molecule has 1 fully saturated rings. The van der Waals surface area contributed by atoms with Crippen molar-refractivity contribution in [2.75, 3.05) is 7.11 Å². The van der Waals surface area contributed by atoms with E-state index in [1.165, 1.54) is 6.08 Å². The van der Waals surface area contributed by atoms with Crippen molar-refractivity contribution in [1.82, 2.24) is 0 Å². The number of hydrogen-bond donors (Lipinski definition) is 0. The highest BCUT2D eigenvalue weighted by Crippen LogP contribution is 2.34. The predicted molar refractivity (Wildman–Crippen MR) is 83.6 cm³/mol. The molecule has 1 saturated carbocycles. The zero-order valence-corrected chi connectivity index (χ0v) is 13.1. The SMILES string of the molecule is COc1ccc(/C=C/C(=O)C2C(=O)CC(C)(C)CC2=O)cc1. The normalized spacial score (nSPS) is 18.7. The van der Waals surface area contributed by atoms with Gasteiger partial charge in [-0.25, -0.2) is 0 Å². The van der Waals surface area contributed by atoms with Gasteiger partial charge in [0.25, 0.3) is 0 Å². The van der Waals surface area contributed by atoms with Crippen molar-refractivity contribution in [3.63, 3.8) is 0 Å². The van der Waals surface area contributed by atoms with E-state index in [9.17, 15) is 14.4 Å². The first-order chi connectivity index (χ1) is 10.3. The van der Waals surface area contributed by atoms with Crippen LogP contribution in [0, 0.1) is 11.3 Å². The largest absolute Gasteiger partial charge is 0.497 e. The summed E-state index contributed by atoms with van der Waals surface area (Å²) >= 11 is 0. The highest BCUT2D eigenvalue weighted by atomic mass is 16.5. The van der Waals surface area contributed by atoms with Gasteiger partial charge in [-0.3, -0.25) is 14.4 Å². The number of ether oxygens (including phenoxy) is 1. The number of carbonyl (C=O) groups excluding carboxylic acids is 3. The molecular weight excluding hydrogens is 280 g/mol.